The summed E-state index contributed by atoms with van der Waals surface area (Å²) < 4.78 is 5.05. The third-order valence-corrected chi connectivity index (χ3v) is 2.46. The molecule has 1 aliphatic rings. The molecule has 1 unspecified atom stereocenters. The third-order valence-electron chi connectivity index (χ3n) is 2.46. The minimum atomic E-state index is -1.50. The van der Waals surface area contributed by atoms with Crippen LogP contribution < -0.4 is 5.46 Å². The molecule has 1 aromatic carbocycles. The van der Waals surface area contributed by atoms with Gasteiger partial charge in [-0.2, -0.15) is 0 Å². The third kappa shape index (κ3) is 1.89. The molecule has 0 spiro atoms. The molecular formula is C10H11BO4. The molecule has 2 rings (SSSR count). The van der Waals surface area contributed by atoms with Gasteiger partial charge in [-0.15, -0.1) is 0 Å². The molecule has 0 radical (unpaired) electrons. The van der Waals surface area contributed by atoms with Crippen LogP contribution in [0.2, 0.25) is 0 Å². The summed E-state index contributed by atoms with van der Waals surface area (Å²) in [6, 6.07) is 4.72. The first kappa shape index (κ1) is 10.2. The van der Waals surface area contributed by atoms with E-state index in [9.17, 15) is 4.79 Å². The Morgan fingerprint density at radius 3 is 2.87 bits per heavy atom. The quantitative estimate of drug-likeness (QED) is 0.478. The van der Waals surface area contributed by atoms with Crippen molar-refractivity contribution in [1.29, 1.82) is 0 Å². The van der Waals surface area contributed by atoms with Crippen molar-refractivity contribution in [3.8, 4) is 0 Å². The number of esters is 1. The van der Waals surface area contributed by atoms with Gasteiger partial charge in [0.15, 0.2) is 0 Å². The zero-order valence-corrected chi connectivity index (χ0v) is 8.30. The molecule has 0 aromatic heterocycles. The Bertz CT molecular complexity index is 402. The van der Waals surface area contributed by atoms with Crippen LogP contribution in [0.3, 0.4) is 0 Å². The van der Waals surface area contributed by atoms with Crippen LogP contribution in [-0.4, -0.2) is 29.2 Å². The monoisotopic (exact) mass is 206 g/mol. The first-order valence-electron chi connectivity index (χ1n) is 4.78. The van der Waals surface area contributed by atoms with Crippen LogP contribution >= 0.6 is 0 Å². The molecule has 15 heavy (non-hydrogen) atoms. The van der Waals surface area contributed by atoms with Crippen LogP contribution in [-0.2, 0) is 11.2 Å². The molecular weight excluding hydrogens is 195 g/mol. The predicted octanol–water partition coefficient (Wildman–Crippen LogP) is -0.532. The number of rotatable bonds is 1. The molecule has 0 saturated heterocycles. The van der Waals surface area contributed by atoms with Gasteiger partial charge in [0.05, 0.1) is 5.56 Å². The van der Waals surface area contributed by atoms with E-state index in [2.05, 4.69) is 0 Å². The van der Waals surface area contributed by atoms with E-state index in [-0.39, 0.29) is 12.1 Å². The lowest BCUT2D eigenvalue weighted by molar-refractivity contribution is 0.0301. The van der Waals surface area contributed by atoms with Crippen LogP contribution in [0.25, 0.3) is 0 Å². The Morgan fingerprint density at radius 2 is 2.20 bits per heavy atom. The van der Waals surface area contributed by atoms with Crippen molar-refractivity contribution >= 4 is 18.6 Å². The van der Waals surface area contributed by atoms with Gasteiger partial charge in [0, 0.05) is 6.42 Å². The van der Waals surface area contributed by atoms with E-state index in [1.165, 1.54) is 6.07 Å². The number of benzene rings is 1. The van der Waals surface area contributed by atoms with E-state index in [0.29, 0.717) is 17.4 Å². The molecule has 1 heterocycles. The van der Waals surface area contributed by atoms with Crippen LogP contribution in [0.1, 0.15) is 22.8 Å². The second-order valence-corrected chi connectivity index (χ2v) is 3.71. The van der Waals surface area contributed by atoms with Crippen molar-refractivity contribution in [3.63, 3.8) is 0 Å². The first-order valence-corrected chi connectivity index (χ1v) is 4.78. The molecule has 1 atom stereocenters. The zero-order valence-electron chi connectivity index (χ0n) is 8.30. The predicted molar refractivity (Wildman–Crippen MR) is 54.8 cm³/mol. The van der Waals surface area contributed by atoms with Crippen LogP contribution in [0.5, 0.6) is 0 Å². The van der Waals surface area contributed by atoms with Gasteiger partial charge in [0.2, 0.25) is 0 Å². The molecule has 0 amide bonds. The Kier molecular flexibility index (Phi) is 2.50. The normalized spacial score (nSPS) is 19.4. The molecule has 78 valence electrons. The van der Waals surface area contributed by atoms with Crippen LogP contribution in [0.4, 0.5) is 0 Å². The highest BCUT2D eigenvalue weighted by Crippen LogP contribution is 2.19. The average molecular weight is 206 g/mol. The van der Waals surface area contributed by atoms with Crippen molar-refractivity contribution in [1.82, 2.24) is 0 Å². The van der Waals surface area contributed by atoms with Crippen molar-refractivity contribution in [2.75, 3.05) is 0 Å². The summed E-state index contributed by atoms with van der Waals surface area (Å²) in [7, 11) is -1.50. The van der Waals surface area contributed by atoms with E-state index < -0.39 is 7.12 Å². The van der Waals surface area contributed by atoms with Crippen molar-refractivity contribution in [2.24, 2.45) is 0 Å². The average Bonchev–Trinajstić information content (AvgIpc) is 2.16. The maximum atomic E-state index is 11.4. The molecule has 1 aliphatic heterocycles. The maximum Gasteiger partial charge on any atom is 0.488 e. The second kappa shape index (κ2) is 3.68. The molecule has 5 heteroatoms. The molecule has 0 bridgehead atoms. The fourth-order valence-corrected chi connectivity index (χ4v) is 1.74. The summed E-state index contributed by atoms with van der Waals surface area (Å²) in [5.74, 6) is -0.345. The molecule has 4 nitrogen and oxygen atoms in total. The number of ether oxygens (including phenoxy) is 1. The summed E-state index contributed by atoms with van der Waals surface area (Å²) in [5.41, 5.74) is 1.72. The first-order chi connectivity index (χ1) is 7.08. The van der Waals surface area contributed by atoms with Crippen molar-refractivity contribution in [3.05, 3.63) is 29.3 Å². The highest BCUT2D eigenvalue weighted by atomic mass is 16.5. The molecule has 0 saturated carbocycles. The zero-order chi connectivity index (χ0) is 11.0. The highest BCUT2D eigenvalue weighted by Gasteiger charge is 2.24. The van der Waals surface area contributed by atoms with E-state index in [1.807, 2.05) is 6.92 Å². The Labute approximate surface area is 87.6 Å². The number of cyclic esters (lactones) is 1. The number of hydrogen-bond acceptors (Lipinski definition) is 4. The van der Waals surface area contributed by atoms with E-state index >= 15 is 0 Å². The summed E-state index contributed by atoms with van der Waals surface area (Å²) >= 11 is 0. The SMILES string of the molecule is CC1Cc2cc(B(O)O)ccc2C(=O)O1. The lowest BCUT2D eigenvalue weighted by atomic mass is 9.78. The van der Waals surface area contributed by atoms with E-state index in [0.717, 1.165) is 5.56 Å². The Morgan fingerprint density at radius 1 is 1.47 bits per heavy atom. The second-order valence-electron chi connectivity index (χ2n) is 3.71. The van der Waals surface area contributed by atoms with E-state index in [1.54, 1.807) is 12.1 Å². The summed E-state index contributed by atoms with van der Waals surface area (Å²) in [6.45, 7) is 1.81. The molecule has 1 aromatic rings. The fraction of sp³-hybridized carbons (Fsp3) is 0.300. The van der Waals surface area contributed by atoms with Gasteiger partial charge in [-0.1, -0.05) is 12.1 Å². The van der Waals surface area contributed by atoms with Crippen molar-refractivity contribution in [2.45, 2.75) is 19.4 Å². The fourth-order valence-electron chi connectivity index (χ4n) is 1.74. The van der Waals surface area contributed by atoms with Gasteiger partial charge < -0.3 is 14.8 Å². The summed E-state index contributed by atoms with van der Waals surface area (Å²) in [5, 5.41) is 18.0. The van der Waals surface area contributed by atoms with Crippen LogP contribution in [0, 0.1) is 0 Å². The van der Waals surface area contributed by atoms with Gasteiger partial charge in [-0.25, -0.2) is 4.79 Å². The van der Waals surface area contributed by atoms with Gasteiger partial charge in [0.1, 0.15) is 6.10 Å². The lowest BCUT2D eigenvalue weighted by Crippen LogP contribution is -2.33. The topological polar surface area (TPSA) is 66.8 Å². The van der Waals surface area contributed by atoms with Gasteiger partial charge in [0.25, 0.3) is 0 Å². The van der Waals surface area contributed by atoms with Crippen LogP contribution in [0.15, 0.2) is 18.2 Å². The standard InChI is InChI=1S/C10H11BO4/c1-6-4-7-5-8(11(13)14)2-3-9(7)10(12)15-6/h2-3,5-6,13-14H,4H2,1H3. The maximum absolute atomic E-state index is 11.4. The van der Waals surface area contributed by atoms with Crippen molar-refractivity contribution < 1.29 is 19.6 Å². The molecule has 2 N–H and O–H groups in total. The Hall–Kier alpha value is -1.33. The number of carbonyl (C=O) groups excluding carboxylic acids is 1. The lowest BCUT2D eigenvalue weighted by Gasteiger charge is -2.22. The molecule has 0 fully saturated rings. The van der Waals surface area contributed by atoms with Gasteiger partial charge in [-0.05, 0) is 24.0 Å². The van der Waals surface area contributed by atoms with Gasteiger partial charge in [-0.3, -0.25) is 0 Å². The number of carbonyl (C=O) groups is 1. The Balaban J connectivity index is 2.43. The minimum absolute atomic E-state index is 0.156. The molecule has 0 aliphatic carbocycles. The van der Waals surface area contributed by atoms with E-state index in [4.69, 9.17) is 14.8 Å². The summed E-state index contributed by atoms with van der Waals surface area (Å²) in [6.07, 6.45) is 0.456. The largest absolute Gasteiger partial charge is 0.488 e. The minimum Gasteiger partial charge on any atom is -0.459 e. The smallest absolute Gasteiger partial charge is 0.459 e. The number of hydrogen-bond donors (Lipinski definition) is 2. The summed E-state index contributed by atoms with van der Waals surface area (Å²) in [4.78, 5) is 11.4. The van der Waals surface area contributed by atoms with Gasteiger partial charge >= 0.3 is 13.1 Å². The number of fused-ring (bicyclic) bond motifs is 1. The highest BCUT2D eigenvalue weighted by molar-refractivity contribution is 6.58.